The number of methoxy groups -OCH3 is 4. The summed E-state index contributed by atoms with van der Waals surface area (Å²) in [4.78, 5) is 0. The van der Waals surface area contributed by atoms with Crippen molar-refractivity contribution in [3.8, 4) is 17.2 Å². The summed E-state index contributed by atoms with van der Waals surface area (Å²) in [5.74, 6) is -0.0555. The van der Waals surface area contributed by atoms with Gasteiger partial charge in [-0.15, -0.1) is 0 Å². The van der Waals surface area contributed by atoms with Crippen LogP contribution < -0.4 is 14.2 Å². The number of benzene rings is 1. The molecule has 0 atom stereocenters. The summed E-state index contributed by atoms with van der Waals surface area (Å²) in [5.41, 5.74) is -4.95. The third-order valence-electron chi connectivity index (χ3n) is 3.91. The summed E-state index contributed by atoms with van der Waals surface area (Å²) >= 11 is 0. The average Bonchev–Trinajstić information content (AvgIpc) is 2.71. The molecule has 0 unspecified atom stereocenters. The molecule has 31 heavy (non-hydrogen) atoms. The zero-order valence-corrected chi connectivity index (χ0v) is 18.4. The van der Waals surface area contributed by atoms with Crippen LogP contribution in [-0.4, -0.2) is 42.4 Å². The number of hydrogen-bond acceptors (Lipinski definition) is 7. The van der Waals surface area contributed by atoms with Crippen LogP contribution in [-0.2, 0) is 19.0 Å². The van der Waals surface area contributed by atoms with Crippen LogP contribution in [0.1, 0.15) is 12.5 Å². The van der Waals surface area contributed by atoms with Crippen LogP contribution in [0.2, 0.25) is 0 Å². The maximum absolute atomic E-state index is 12.8. The van der Waals surface area contributed by atoms with Crippen molar-refractivity contribution in [2.75, 3.05) is 28.4 Å². The Morgan fingerprint density at radius 2 is 1.48 bits per heavy atom. The summed E-state index contributed by atoms with van der Waals surface area (Å²) in [6.45, 7) is 9.02. The van der Waals surface area contributed by atoms with E-state index in [-0.39, 0.29) is 16.9 Å². The van der Waals surface area contributed by atoms with Crippen LogP contribution in [0.3, 0.4) is 0 Å². The Labute approximate surface area is 179 Å². The van der Waals surface area contributed by atoms with E-state index in [0.717, 1.165) is 13.2 Å². The molecule has 0 aromatic heterocycles. The number of ether oxygens (including phenoxy) is 4. The number of allylic oxidation sites excluding steroid dienone is 4. The number of hydrogen-bond donors (Lipinski definition) is 0. The fourth-order valence-corrected chi connectivity index (χ4v) is 2.81. The van der Waals surface area contributed by atoms with Crippen LogP contribution >= 0.6 is 0 Å². The normalized spacial score (nSPS) is 12.8. The Morgan fingerprint density at radius 3 is 1.84 bits per heavy atom. The van der Waals surface area contributed by atoms with Gasteiger partial charge in [0.05, 0.1) is 28.4 Å². The first kappa shape index (κ1) is 26.0. The summed E-state index contributed by atoms with van der Waals surface area (Å²) in [7, 11) is -0.569. The molecule has 7 nitrogen and oxygen atoms in total. The topological polar surface area (TPSA) is 80.3 Å². The maximum atomic E-state index is 12.8. The number of rotatable bonds is 10. The Balaban J connectivity index is 3.48. The predicted molar refractivity (Wildman–Crippen MR) is 109 cm³/mol. The van der Waals surface area contributed by atoms with Gasteiger partial charge in [-0.25, -0.2) is 0 Å². The Morgan fingerprint density at radius 1 is 0.968 bits per heavy atom. The summed E-state index contributed by atoms with van der Waals surface area (Å²) in [6, 6.07) is 3.09. The van der Waals surface area contributed by atoms with Gasteiger partial charge in [0.25, 0.3) is 0 Å². The highest BCUT2D eigenvalue weighted by atomic mass is 32.2. The predicted octanol–water partition coefficient (Wildman–Crippen LogP) is 4.58. The smallest absolute Gasteiger partial charge is 0.493 e. The van der Waals surface area contributed by atoms with E-state index in [9.17, 15) is 21.6 Å². The van der Waals surface area contributed by atoms with Crippen molar-refractivity contribution in [3.05, 3.63) is 60.1 Å². The lowest BCUT2D eigenvalue weighted by molar-refractivity contribution is -0.0523. The highest BCUT2D eigenvalue weighted by Crippen LogP contribution is 2.41. The van der Waals surface area contributed by atoms with Gasteiger partial charge in [-0.1, -0.05) is 13.2 Å². The Hall–Kier alpha value is -3.08. The second-order valence-corrected chi connectivity index (χ2v) is 7.30. The lowest BCUT2D eigenvalue weighted by Crippen LogP contribution is -2.25. The van der Waals surface area contributed by atoms with Crippen molar-refractivity contribution in [1.29, 1.82) is 0 Å². The molecule has 1 aromatic carbocycles. The molecule has 1 rings (SSSR count). The van der Waals surface area contributed by atoms with Gasteiger partial charge in [0, 0.05) is 0 Å². The lowest BCUT2D eigenvalue weighted by atomic mass is 9.99. The molecule has 0 amide bonds. The van der Waals surface area contributed by atoms with Gasteiger partial charge in [-0.05, 0) is 47.9 Å². The Bertz CT molecular complexity index is 981. The monoisotopic (exact) mass is 464 g/mol. The van der Waals surface area contributed by atoms with Crippen LogP contribution in [0.15, 0.2) is 54.5 Å². The molecule has 0 saturated carbocycles. The van der Waals surface area contributed by atoms with E-state index in [0.29, 0.717) is 22.8 Å². The molecule has 0 heterocycles. The van der Waals surface area contributed by atoms with E-state index in [1.165, 1.54) is 34.3 Å². The third-order valence-corrected chi connectivity index (χ3v) is 4.88. The Kier molecular flexibility index (Phi) is 8.62. The van der Waals surface area contributed by atoms with Gasteiger partial charge in [0.15, 0.2) is 23.0 Å². The first-order valence-electron chi connectivity index (χ1n) is 8.48. The van der Waals surface area contributed by atoms with E-state index in [1.807, 2.05) is 0 Å². The molecule has 0 aliphatic rings. The summed E-state index contributed by atoms with van der Waals surface area (Å²) < 4.78 is 86.3. The standard InChI is InChI=1S/C20H23F3O7S/c1-8-15(26-4)16(30-31(24,25)20(21,22)23)9-12(2)13(3)14-10-17(27-5)19(29-7)18(11-14)28-6/h8-11H,2-3H2,1,4-7H3/b15-8+,16-9+. The molecular formula is C20H23F3O7S. The minimum atomic E-state index is -5.94. The minimum Gasteiger partial charge on any atom is -0.493 e. The molecular weight excluding hydrogens is 441 g/mol. The first-order chi connectivity index (χ1) is 14.4. The van der Waals surface area contributed by atoms with E-state index in [4.69, 9.17) is 18.9 Å². The fourth-order valence-electron chi connectivity index (χ4n) is 2.35. The second kappa shape index (κ2) is 10.3. The van der Waals surface area contributed by atoms with Crippen molar-refractivity contribution >= 4 is 15.7 Å². The molecule has 0 spiro atoms. The zero-order chi connectivity index (χ0) is 24.0. The van der Waals surface area contributed by atoms with Crippen molar-refractivity contribution < 1.29 is 44.7 Å². The molecule has 0 saturated heterocycles. The van der Waals surface area contributed by atoms with Crippen LogP contribution in [0.25, 0.3) is 5.57 Å². The van der Waals surface area contributed by atoms with E-state index in [2.05, 4.69) is 17.3 Å². The molecule has 0 aliphatic heterocycles. The second-order valence-electron chi connectivity index (χ2n) is 5.77. The van der Waals surface area contributed by atoms with Crippen LogP contribution in [0, 0.1) is 0 Å². The highest BCUT2D eigenvalue weighted by molar-refractivity contribution is 7.87. The molecule has 0 bridgehead atoms. The molecule has 0 fully saturated rings. The molecule has 172 valence electrons. The van der Waals surface area contributed by atoms with Gasteiger partial charge in [-0.3, -0.25) is 0 Å². The average molecular weight is 464 g/mol. The van der Waals surface area contributed by atoms with Crippen LogP contribution in [0.4, 0.5) is 13.2 Å². The molecule has 0 radical (unpaired) electrons. The van der Waals surface area contributed by atoms with Gasteiger partial charge < -0.3 is 23.1 Å². The SMILES string of the molecule is C=C(/C=C(OS(=O)(=O)C(F)(F)F)\C(=C/C)OC)C(=C)c1cc(OC)c(OC)c(OC)c1. The van der Waals surface area contributed by atoms with Crippen molar-refractivity contribution in [1.82, 2.24) is 0 Å². The quantitative estimate of drug-likeness (QED) is 0.217. The zero-order valence-electron chi connectivity index (χ0n) is 17.6. The van der Waals surface area contributed by atoms with E-state index >= 15 is 0 Å². The largest absolute Gasteiger partial charge is 0.534 e. The summed E-state index contributed by atoms with van der Waals surface area (Å²) in [5, 5.41) is 0. The van der Waals surface area contributed by atoms with Gasteiger partial charge in [0.2, 0.25) is 5.75 Å². The van der Waals surface area contributed by atoms with E-state index in [1.54, 1.807) is 12.1 Å². The van der Waals surface area contributed by atoms with Gasteiger partial charge in [-0.2, -0.15) is 21.6 Å². The highest BCUT2D eigenvalue weighted by Gasteiger charge is 2.49. The molecule has 0 aliphatic carbocycles. The lowest BCUT2D eigenvalue weighted by Gasteiger charge is -2.17. The van der Waals surface area contributed by atoms with Crippen LogP contribution in [0.5, 0.6) is 17.2 Å². The number of alkyl halides is 3. The molecule has 11 heteroatoms. The van der Waals surface area contributed by atoms with Crippen molar-refractivity contribution in [2.45, 2.75) is 12.4 Å². The summed E-state index contributed by atoms with van der Waals surface area (Å²) in [6.07, 6.45) is 2.20. The third kappa shape index (κ3) is 5.97. The first-order valence-corrected chi connectivity index (χ1v) is 9.89. The number of halogens is 3. The molecule has 1 aromatic rings. The van der Waals surface area contributed by atoms with Crippen molar-refractivity contribution in [2.24, 2.45) is 0 Å². The molecule has 0 N–H and O–H groups in total. The maximum Gasteiger partial charge on any atom is 0.534 e. The van der Waals surface area contributed by atoms with E-state index < -0.39 is 21.4 Å². The van der Waals surface area contributed by atoms with Gasteiger partial charge in [0.1, 0.15) is 0 Å². The minimum absolute atomic E-state index is 0.0399. The fraction of sp³-hybridized carbons (Fsp3) is 0.300. The van der Waals surface area contributed by atoms with Crippen molar-refractivity contribution in [3.63, 3.8) is 0 Å². The van der Waals surface area contributed by atoms with Gasteiger partial charge >= 0.3 is 15.6 Å².